The van der Waals surface area contributed by atoms with Crippen LogP contribution in [0.5, 0.6) is 0 Å². The number of hydrogen-bond acceptors (Lipinski definition) is 6. The number of nitrogens with two attached hydrogens (primary N) is 1. The number of benzene rings is 1. The molecule has 24 heavy (non-hydrogen) atoms. The topological polar surface area (TPSA) is 72.9 Å². The Morgan fingerprint density at radius 2 is 2.17 bits per heavy atom. The third kappa shape index (κ3) is 4.14. The third-order valence-electron chi connectivity index (χ3n) is 3.96. The quantitative estimate of drug-likeness (QED) is 0.669. The van der Waals surface area contributed by atoms with Gasteiger partial charge in [0.15, 0.2) is 5.17 Å². The van der Waals surface area contributed by atoms with Crippen molar-refractivity contribution in [2.45, 2.75) is 25.5 Å². The van der Waals surface area contributed by atoms with Crippen LogP contribution in [0.25, 0.3) is 0 Å². The van der Waals surface area contributed by atoms with Crippen LogP contribution in [0.1, 0.15) is 30.0 Å². The standard InChI is InChI=1S/C18H20N4OS/c1-18(7-10-24-17(19)22-18)16-4-2-3-15(11-16)12-21-23-13-14-5-8-20-9-6-14/h2-6,8-9,11-12H,7,10,13H2,1H3,(H2,19,22)/b21-12+. The zero-order valence-corrected chi connectivity index (χ0v) is 14.4. The van der Waals surface area contributed by atoms with Gasteiger partial charge in [0.25, 0.3) is 0 Å². The van der Waals surface area contributed by atoms with E-state index in [0.717, 1.165) is 28.9 Å². The first kappa shape index (κ1) is 16.5. The molecule has 1 aliphatic rings. The van der Waals surface area contributed by atoms with Gasteiger partial charge in [-0.25, -0.2) is 0 Å². The van der Waals surface area contributed by atoms with Crippen molar-refractivity contribution in [1.82, 2.24) is 4.98 Å². The zero-order chi connectivity index (χ0) is 16.8. The van der Waals surface area contributed by atoms with E-state index in [1.54, 1.807) is 30.4 Å². The summed E-state index contributed by atoms with van der Waals surface area (Å²) in [7, 11) is 0. The Labute approximate surface area is 146 Å². The summed E-state index contributed by atoms with van der Waals surface area (Å²) in [5.74, 6) is 0.985. The largest absolute Gasteiger partial charge is 0.391 e. The smallest absolute Gasteiger partial charge is 0.154 e. The minimum atomic E-state index is -0.267. The van der Waals surface area contributed by atoms with Crippen LogP contribution in [-0.4, -0.2) is 22.1 Å². The van der Waals surface area contributed by atoms with Gasteiger partial charge in [0.1, 0.15) is 6.61 Å². The van der Waals surface area contributed by atoms with E-state index >= 15 is 0 Å². The predicted molar refractivity (Wildman–Crippen MR) is 99.1 cm³/mol. The van der Waals surface area contributed by atoms with Crippen LogP contribution in [0.4, 0.5) is 0 Å². The van der Waals surface area contributed by atoms with Crippen molar-refractivity contribution < 1.29 is 4.84 Å². The van der Waals surface area contributed by atoms with Crippen LogP contribution in [0.15, 0.2) is 58.9 Å². The highest BCUT2D eigenvalue weighted by molar-refractivity contribution is 8.13. The van der Waals surface area contributed by atoms with E-state index in [2.05, 4.69) is 34.2 Å². The molecule has 5 nitrogen and oxygen atoms in total. The molecule has 0 aliphatic carbocycles. The summed E-state index contributed by atoms with van der Waals surface area (Å²) in [6.07, 6.45) is 6.17. The van der Waals surface area contributed by atoms with Crippen LogP contribution in [0.3, 0.4) is 0 Å². The lowest BCUT2D eigenvalue weighted by atomic mass is 9.89. The van der Waals surface area contributed by atoms with E-state index in [-0.39, 0.29) is 5.54 Å². The normalized spacial score (nSPS) is 20.8. The fourth-order valence-electron chi connectivity index (χ4n) is 2.54. The Morgan fingerprint density at radius 1 is 1.33 bits per heavy atom. The molecule has 6 heteroatoms. The molecule has 3 rings (SSSR count). The van der Waals surface area contributed by atoms with Crippen LogP contribution >= 0.6 is 11.8 Å². The van der Waals surface area contributed by atoms with Crippen molar-refractivity contribution in [3.05, 3.63) is 65.5 Å². The highest BCUT2D eigenvalue weighted by Crippen LogP contribution is 2.35. The SMILES string of the molecule is CC1(c2cccc(/C=N/OCc3ccncc3)c2)CCSC(N)=N1. The minimum absolute atomic E-state index is 0.267. The van der Waals surface area contributed by atoms with Crippen molar-refractivity contribution in [2.24, 2.45) is 15.9 Å². The lowest BCUT2D eigenvalue weighted by Gasteiger charge is -2.29. The second-order valence-corrected chi connectivity index (χ2v) is 6.93. The monoisotopic (exact) mass is 340 g/mol. The molecule has 2 heterocycles. The highest BCUT2D eigenvalue weighted by Gasteiger charge is 2.29. The lowest BCUT2D eigenvalue weighted by molar-refractivity contribution is 0.132. The third-order valence-corrected chi connectivity index (χ3v) is 4.76. The molecule has 1 aliphatic heterocycles. The number of nitrogens with zero attached hydrogens (tertiary/aromatic N) is 3. The Bertz CT molecular complexity index is 748. The van der Waals surface area contributed by atoms with Crippen molar-refractivity contribution in [3.63, 3.8) is 0 Å². The number of rotatable bonds is 5. The lowest BCUT2D eigenvalue weighted by Crippen LogP contribution is -2.28. The number of hydrogen-bond donors (Lipinski definition) is 1. The fraction of sp³-hybridized carbons (Fsp3) is 0.278. The highest BCUT2D eigenvalue weighted by atomic mass is 32.2. The number of amidine groups is 1. The van der Waals surface area contributed by atoms with Crippen LogP contribution in [-0.2, 0) is 17.0 Å². The maximum atomic E-state index is 5.90. The first-order valence-electron chi connectivity index (χ1n) is 7.79. The van der Waals surface area contributed by atoms with Gasteiger partial charge in [-0.1, -0.05) is 35.1 Å². The molecule has 1 atom stereocenters. The summed E-state index contributed by atoms with van der Waals surface area (Å²) in [4.78, 5) is 14.0. The van der Waals surface area contributed by atoms with Gasteiger partial charge in [-0.2, -0.15) is 0 Å². The summed E-state index contributed by atoms with van der Waals surface area (Å²) in [6.45, 7) is 2.55. The van der Waals surface area contributed by atoms with Gasteiger partial charge in [-0.05, 0) is 48.2 Å². The van der Waals surface area contributed by atoms with E-state index in [1.165, 1.54) is 0 Å². The molecule has 124 valence electrons. The fourth-order valence-corrected chi connectivity index (χ4v) is 3.51. The molecule has 1 aromatic carbocycles. The van der Waals surface area contributed by atoms with Crippen molar-refractivity contribution in [1.29, 1.82) is 0 Å². The van der Waals surface area contributed by atoms with E-state index in [1.807, 2.05) is 24.3 Å². The minimum Gasteiger partial charge on any atom is -0.391 e. The van der Waals surface area contributed by atoms with Crippen molar-refractivity contribution in [3.8, 4) is 0 Å². The van der Waals surface area contributed by atoms with Gasteiger partial charge >= 0.3 is 0 Å². The first-order valence-corrected chi connectivity index (χ1v) is 8.77. The van der Waals surface area contributed by atoms with Gasteiger partial charge in [0, 0.05) is 18.1 Å². The molecule has 0 amide bonds. The Kier molecular flexibility index (Phi) is 5.15. The second kappa shape index (κ2) is 7.49. The van der Waals surface area contributed by atoms with E-state index in [0.29, 0.717) is 11.8 Å². The average molecular weight is 340 g/mol. The zero-order valence-electron chi connectivity index (χ0n) is 13.6. The second-order valence-electron chi connectivity index (χ2n) is 5.81. The van der Waals surface area contributed by atoms with Gasteiger partial charge in [0.05, 0.1) is 11.8 Å². The molecule has 1 unspecified atom stereocenters. The number of oxime groups is 1. The van der Waals surface area contributed by atoms with Gasteiger partial charge in [-0.15, -0.1) is 0 Å². The predicted octanol–water partition coefficient (Wildman–Crippen LogP) is 3.30. The summed E-state index contributed by atoms with van der Waals surface area (Å²) in [5, 5.41) is 4.71. The van der Waals surface area contributed by atoms with Gasteiger partial charge in [-0.3, -0.25) is 9.98 Å². The molecular formula is C18H20N4OS. The number of aliphatic imine (C=N–C) groups is 1. The summed E-state index contributed by atoms with van der Waals surface area (Å²) < 4.78 is 0. The summed E-state index contributed by atoms with van der Waals surface area (Å²) in [6, 6.07) is 12.0. The van der Waals surface area contributed by atoms with Crippen molar-refractivity contribution in [2.75, 3.05) is 5.75 Å². The Balaban J connectivity index is 1.67. The summed E-state index contributed by atoms with van der Waals surface area (Å²) in [5.41, 5.74) is 8.79. The van der Waals surface area contributed by atoms with E-state index in [4.69, 9.17) is 10.6 Å². The molecule has 0 saturated carbocycles. The van der Waals surface area contributed by atoms with Gasteiger partial charge in [0.2, 0.25) is 0 Å². The molecule has 0 saturated heterocycles. The number of aromatic nitrogens is 1. The van der Waals surface area contributed by atoms with E-state index < -0.39 is 0 Å². The van der Waals surface area contributed by atoms with Crippen LogP contribution in [0.2, 0.25) is 0 Å². The molecule has 2 N–H and O–H groups in total. The first-order chi connectivity index (χ1) is 11.7. The summed E-state index contributed by atoms with van der Waals surface area (Å²) >= 11 is 1.61. The average Bonchev–Trinajstić information content (AvgIpc) is 2.60. The maximum absolute atomic E-state index is 5.90. The van der Waals surface area contributed by atoms with Gasteiger partial charge < -0.3 is 10.6 Å². The van der Waals surface area contributed by atoms with Crippen LogP contribution < -0.4 is 5.73 Å². The molecule has 0 fully saturated rings. The van der Waals surface area contributed by atoms with Crippen molar-refractivity contribution >= 4 is 23.1 Å². The molecule has 2 aromatic rings. The van der Waals surface area contributed by atoms with Crippen LogP contribution in [0, 0.1) is 0 Å². The molecule has 1 aromatic heterocycles. The van der Waals surface area contributed by atoms with E-state index in [9.17, 15) is 0 Å². The molecule has 0 bridgehead atoms. The molecule has 0 radical (unpaired) electrons. The number of pyridine rings is 1. The molecule has 0 spiro atoms. The maximum Gasteiger partial charge on any atom is 0.154 e. The Morgan fingerprint density at radius 3 is 2.96 bits per heavy atom. The number of thioether (sulfide) groups is 1. The molecular weight excluding hydrogens is 320 g/mol. The Hall–Kier alpha value is -2.34.